The standard InChI is InChI=1S/C17H14Cl2O2/c18-16-6-3-5-14(17(16)19)12-21-15-9-7-13(8-10-15)4-1-2-11-20/h3,5-10,20H,2,11-12H2. The van der Waals surface area contributed by atoms with Crippen LogP contribution in [0.1, 0.15) is 17.5 Å². The largest absolute Gasteiger partial charge is 0.489 e. The number of ether oxygens (including phenoxy) is 1. The van der Waals surface area contributed by atoms with Gasteiger partial charge < -0.3 is 9.84 Å². The van der Waals surface area contributed by atoms with Crippen LogP contribution < -0.4 is 4.74 Å². The van der Waals surface area contributed by atoms with Gasteiger partial charge in [0.25, 0.3) is 0 Å². The molecule has 0 aliphatic rings. The highest BCUT2D eigenvalue weighted by Gasteiger charge is 2.04. The van der Waals surface area contributed by atoms with E-state index in [1.165, 1.54) is 0 Å². The number of benzene rings is 2. The van der Waals surface area contributed by atoms with E-state index in [2.05, 4.69) is 11.8 Å². The molecule has 0 atom stereocenters. The molecule has 0 bridgehead atoms. The molecule has 0 saturated carbocycles. The van der Waals surface area contributed by atoms with Crippen LogP contribution in [0.4, 0.5) is 0 Å². The summed E-state index contributed by atoms with van der Waals surface area (Å²) in [4.78, 5) is 0. The Hall–Kier alpha value is -1.66. The Labute approximate surface area is 134 Å². The zero-order valence-corrected chi connectivity index (χ0v) is 12.8. The molecule has 0 aliphatic carbocycles. The lowest BCUT2D eigenvalue weighted by Gasteiger charge is -2.08. The predicted molar refractivity (Wildman–Crippen MR) is 85.8 cm³/mol. The lowest BCUT2D eigenvalue weighted by atomic mass is 10.2. The van der Waals surface area contributed by atoms with Crippen molar-refractivity contribution in [3.05, 3.63) is 63.6 Å². The van der Waals surface area contributed by atoms with E-state index in [1.807, 2.05) is 36.4 Å². The topological polar surface area (TPSA) is 29.5 Å². The van der Waals surface area contributed by atoms with Crippen LogP contribution in [0.5, 0.6) is 5.75 Å². The van der Waals surface area contributed by atoms with Crippen LogP contribution >= 0.6 is 23.2 Å². The minimum absolute atomic E-state index is 0.0780. The van der Waals surface area contributed by atoms with Crippen molar-refractivity contribution in [2.75, 3.05) is 6.61 Å². The van der Waals surface area contributed by atoms with Gasteiger partial charge in [0.1, 0.15) is 12.4 Å². The number of aliphatic hydroxyl groups excluding tert-OH is 1. The zero-order chi connectivity index (χ0) is 15.1. The second-order valence-corrected chi connectivity index (χ2v) is 5.09. The fourth-order valence-electron chi connectivity index (χ4n) is 1.68. The average Bonchev–Trinajstić information content (AvgIpc) is 2.50. The summed E-state index contributed by atoms with van der Waals surface area (Å²) in [5, 5.41) is 9.71. The van der Waals surface area contributed by atoms with Crippen LogP contribution in [0.2, 0.25) is 10.0 Å². The molecule has 1 N–H and O–H groups in total. The van der Waals surface area contributed by atoms with E-state index in [0.717, 1.165) is 16.9 Å². The summed E-state index contributed by atoms with van der Waals surface area (Å²) in [6, 6.07) is 12.9. The van der Waals surface area contributed by atoms with E-state index >= 15 is 0 Å². The Bertz CT molecular complexity index is 655. The Morgan fingerprint density at radius 3 is 2.52 bits per heavy atom. The zero-order valence-electron chi connectivity index (χ0n) is 11.3. The van der Waals surface area contributed by atoms with Crippen molar-refractivity contribution < 1.29 is 9.84 Å². The lowest BCUT2D eigenvalue weighted by Crippen LogP contribution is -1.96. The summed E-state index contributed by atoms with van der Waals surface area (Å²) in [6.45, 7) is 0.434. The SMILES string of the molecule is OCCC#Cc1ccc(OCc2cccc(Cl)c2Cl)cc1. The first-order valence-corrected chi connectivity index (χ1v) is 7.22. The monoisotopic (exact) mass is 320 g/mol. The van der Waals surface area contributed by atoms with Gasteiger partial charge in [0.2, 0.25) is 0 Å². The van der Waals surface area contributed by atoms with Crippen LogP contribution in [0.25, 0.3) is 0 Å². The molecule has 0 fully saturated rings. The second kappa shape index (κ2) is 7.95. The number of hydrogen-bond acceptors (Lipinski definition) is 2. The van der Waals surface area contributed by atoms with Crippen molar-refractivity contribution in [1.29, 1.82) is 0 Å². The van der Waals surface area contributed by atoms with Crippen LogP contribution in [-0.4, -0.2) is 11.7 Å². The number of aliphatic hydroxyl groups is 1. The molecule has 2 rings (SSSR count). The molecule has 21 heavy (non-hydrogen) atoms. The molecule has 4 heteroatoms. The number of hydrogen-bond donors (Lipinski definition) is 1. The molecule has 0 amide bonds. The van der Waals surface area contributed by atoms with Gasteiger partial charge >= 0.3 is 0 Å². The van der Waals surface area contributed by atoms with Crippen molar-refractivity contribution in [3.8, 4) is 17.6 Å². The third-order valence-electron chi connectivity index (χ3n) is 2.75. The first kappa shape index (κ1) is 15.7. The molecule has 108 valence electrons. The Kier molecular flexibility index (Phi) is 5.95. The molecule has 2 aromatic carbocycles. The van der Waals surface area contributed by atoms with Crippen molar-refractivity contribution in [1.82, 2.24) is 0 Å². The molecule has 0 heterocycles. The van der Waals surface area contributed by atoms with Crippen molar-refractivity contribution in [2.24, 2.45) is 0 Å². The predicted octanol–water partition coefficient (Wildman–Crippen LogP) is 4.31. The maximum absolute atomic E-state index is 8.67. The van der Waals surface area contributed by atoms with E-state index in [1.54, 1.807) is 6.07 Å². The Morgan fingerprint density at radius 2 is 1.81 bits per heavy atom. The second-order valence-electron chi connectivity index (χ2n) is 4.30. The number of rotatable bonds is 4. The van der Waals surface area contributed by atoms with Crippen molar-refractivity contribution in [2.45, 2.75) is 13.0 Å². The molecule has 0 aromatic heterocycles. The molecule has 2 nitrogen and oxygen atoms in total. The molecule has 0 saturated heterocycles. The maximum atomic E-state index is 8.67. The Morgan fingerprint density at radius 1 is 1.05 bits per heavy atom. The average molecular weight is 321 g/mol. The summed E-state index contributed by atoms with van der Waals surface area (Å²) in [7, 11) is 0. The van der Waals surface area contributed by atoms with Crippen LogP contribution in [0, 0.1) is 11.8 Å². The van der Waals surface area contributed by atoms with Gasteiger partial charge in [-0.25, -0.2) is 0 Å². The molecule has 2 aromatic rings. The molecule has 0 aliphatic heterocycles. The minimum Gasteiger partial charge on any atom is -0.489 e. The third-order valence-corrected chi connectivity index (χ3v) is 3.61. The van der Waals surface area contributed by atoms with Crippen molar-refractivity contribution >= 4 is 23.2 Å². The molecule has 0 radical (unpaired) electrons. The normalized spacial score (nSPS) is 9.86. The first-order valence-electron chi connectivity index (χ1n) is 6.46. The number of halogens is 2. The smallest absolute Gasteiger partial charge is 0.119 e. The van der Waals surface area contributed by atoms with Gasteiger partial charge in [-0.05, 0) is 30.3 Å². The van der Waals surface area contributed by atoms with Gasteiger partial charge in [0.05, 0.1) is 16.7 Å². The summed E-state index contributed by atoms with van der Waals surface area (Å²) >= 11 is 12.1. The van der Waals surface area contributed by atoms with Gasteiger partial charge in [-0.15, -0.1) is 0 Å². The molecular weight excluding hydrogens is 307 g/mol. The third kappa shape index (κ3) is 4.68. The molecular formula is C17H14Cl2O2. The van der Waals surface area contributed by atoms with Crippen LogP contribution in [0.3, 0.4) is 0 Å². The van der Waals surface area contributed by atoms with Gasteiger partial charge in [-0.3, -0.25) is 0 Å². The quantitative estimate of drug-likeness (QED) is 0.851. The van der Waals surface area contributed by atoms with E-state index in [9.17, 15) is 0 Å². The van der Waals surface area contributed by atoms with Crippen LogP contribution in [-0.2, 0) is 6.61 Å². The fourth-order valence-corrected chi connectivity index (χ4v) is 2.05. The minimum atomic E-state index is 0.0780. The van der Waals surface area contributed by atoms with Gasteiger partial charge in [-0.1, -0.05) is 47.2 Å². The highest BCUT2D eigenvalue weighted by atomic mass is 35.5. The van der Waals surface area contributed by atoms with Crippen LogP contribution in [0.15, 0.2) is 42.5 Å². The van der Waals surface area contributed by atoms with E-state index < -0.39 is 0 Å². The Balaban J connectivity index is 1.98. The van der Waals surface area contributed by atoms with E-state index in [0.29, 0.717) is 23.1 Å². The summed E-state index contributed by atoms with van der Waals surface area (Å²) < 4.78 is 5.68. The fraction of sp³-hybridized carbons (Fsp3) is 0.176. The highest BCUT2D eigenvalue weighted by Crippen LogP contribution is 2.26. The van der Waals surface area contributed by atoms with Gasteiger partial charge in [0.15, 0.2) is 0 Å². The molecule has 0 unspecified atom stereocenters. The first-order chi connectivity index (χ1) is 10.2. The maximum Gasteiger partial charge on any atom is 0.119 e. The lowest BCUT2D eigenvalue weighted by molar-refractivity contribution is 0.305. The van der Waals surface area contributed by atoms with Crippen molar-refractivity contribution in [3.63, 3.8) is 0 Å². The van der Waals surface area contributed by atoms with E-state index in [4.69, 9.17) is 33.0 Å². The molecule has 0 spiro atoms. The highest BCUT2D eigenvalue weighted by molar-refractivity contribution is 6.42. The van der Waals surface area contributed by atoms with Gasteiger partial charge in [-0.2, -0.15) is 0 Å². The summed E-state index contributed by atoms with van der Waals surface area (Å²) in [5.74, 6) is 6.56. The summed E-state index contributed by atoms with van der Waals surface area (Å²) in [6.07, 6.45) is 0.478. The van der Waals surface area contributed by atoms with Gasteiger partial charge in [0, 0.05) is 17.5 Å². The van der Waals surface area contributed by atoms with E-state index in [-0.39, 0.29) is 6.61 Å². The summed E-state index contributed by atoms with van der Waals surface area (Å²) in [5.41, 5.74) is 1.73.